The molecule has 0 aromatic heterocycles. The molecule has 0 bridgehead atoms. The van der Waals surface area contributed by atoms with Crippen LogP contribution in [0.3, 0.4) is 0 Å². The first kappa shape index (κ1) is 18.6. The molecule has 0 aliphatic carbocycles. The number of benzene rings is 2. The molecule has 0 atom stereocenters. The fourth-order valence-corrected chi connectivity index (χ4v) is 3.23. The zero-order chi connectivity index (χ0) is 19.8. The van der Waals surface area contributed by atoms with Crippen molar-refractivity contribution in [3.8, 4) is 0 Å². The average Bonchev–Trinajstić information content (AvgIpc) is 2.83. The van der Waals surface area contributed by atoms with Gasteiger partial charge < -0.3 is 15.0 Å². The highest BCUT2D eigenvalue weighted by atomic mass is 16.5. The van der Waals surface area contributed by atoms with E-state index in [-0.39, 0.29) is 11.8 Å². The second-order valence-corrected chi connectivity index (χ2v) is 6.97. The van der Waals surface area contributed by atoms with Gasteiger partial charge in [0.2, 0.25) is 5.91 Å². The Bertz CT molecular complexity index is 916. The van der Waals surface area contributed by atoms with Crippen molar-refractivity contribution in [2.24, 2.45) is 0 Å². The van der Waals surface area contributed by atoms with E-state index in [9.17, 15) is 14.4 Å². The molecule has 0 saturated heterocycles. The summed E-state index contributed by atoms with van der Waals surface area (Å²) in [5.41, 5.74) is 2.51. The number of carbonyl (C=O) groups is 3. The molecule has 1 aliphatic heterocycles. The number of nitrogens with zero attached hydrogens (tertiary/aromatic N) is 1. The van der Waals surface area contributed by atoms with Gasteiger partial charge in [-0.2, -0.15) is 0 Å². The number of rotatable bonds is 4. The van der Waals surface area contributed by atoms with Crippen molar-refractivity contribution in [2.75, 3.05) is 23.9 Å². The zero-order valence-corrected chi connectivity index (χ0v) is 15.8. The van der Waals surface area contributed by atoms with E-state index < -0.39 is 11.4 Å². The number of amides is 2. The molecular weight excluding hydrogens is 344 g/mol. The van der Waals surface area contributed by atoms with Crippen molar-refractivity contribution in [3.63, 3.8) is 0 Å². The molecule has 1 aliphatic rings. The molecule has 6 nitrogen and oxygen atoms in total. The van der Waals surface area contributed by atoms with E-state index in [1.54, 1.807) is 55.3 Å². The molecule has 1 N–H and O–H groups in total. The van der Waals surface area contributed by atoms with Gasteiger partial charge in [-0.3, -0.25) is 9.59 Å². The second-order valence-electron chi connectivity index (χ2n) is 6.97. The van der Waals surface area contributed by atoms with Crippen LogP contribution in [0.2, 0.25) is 0 Å². The molecule has 2 aromatic rings. The summed E-state index contributed by atoms with van der Waals surface area (Å²) in [5, 5.41) is 2.80. The van der Waals surface area contributed by atoms with Gasteiger partial charge in [0.1, 0.15) is 0 Å². The van der Waals surface area contributed by atoms with Crippen LogP contribution in [0.25, 0.3) is 0 Å². The minimum Gasteiger partial charge on any atom is -0.462 e. The van der Waals surface area contributed by atoms with Crippen LogP contribution in [0.5, 0.6) is 0 Å². The summed E-state index contributed by atoms with van der Waals surface area (Å²) in [7, 11) is 1.71. The monoisotopic (exact) mass is 366 g/mol. The highest BCUT2D eigenvalue weighted by molar-refractivity contribution is 6.10. The Labute approximate surface area is 158 Å². The quantitative estimate of drug-likeness (QED) is 0.842. The third-order valence-corrected chi connectivity index (χ3v) is 4.79. The lowest BCUT2D eigenvalue weighted by atomic mass is 9.86. The van der Waals surface area contributed by atoms with Gasteiger partial charge >= 0.3 is 5.97 Å². The van der Waals surface area contributed by atoms with Gasteiger partial charge in [0.05, 0.1) is 17.6 Å². The molecule has 2 amide bonds. The van der Waals surface area contributed by atoms with Crippen molar-refractivity contribution in [3.05, 3.63) is 59.2 Å². The maximum absolute atomic E-state index is 12.6. The van der Waals surface area contributed by atoms with E-state index in [0.29, 0.717) is 23.4 Å². The van der Waals surface area contributed by atoms with E-state index in [2.05, 4.69) is 5.32 Å². The van der Waals surface area contributed by atoms with Crippen molar-refractivity contribution in [1.82, 2.24) is 0 Å². The van der Waals surface area contributed by atoms with Crippen molar-refractivity contribution < 1.29 is 19.1 Å². The molecule has 0 spiro atoms. The van der Waals surface area contributed by atoms with Crippen molar-refractivity contribution >= 4 is 29.2 Å². The van der Waals surface area contributed by atoms with Gasteiger partial charge in [0.25, 0.3) is 5.91 Å². The minimum atomic E-state index is -0.595. The Morgan fingerprint density at radius 1 is 1.07 bits per heavy atom. The summed E-state index contributed by atoms with van der Waals surface area (Å²) in [6.07, 6.45) is 0. The number of ether oxygens (including phenoxy) is 1. The molecule has 6 heteroatoms. The lowest BCUT2D eigenvalue weighted by Gasteiger charge is -2.16. The number of hydrogen-bond donors (Lipinski definition) is 1. The number of carbonyl (C=O) groups excluding carboxylic acids is 3. The normalized spacial score (nSPS) is 14.7. The number of nitrogens with one attached hydrogen (secondary N) is 1. The van der Waals surface area contributed by atoms with E-state index in [4.69, 9.17) is 4.74 Å². The zero-order valence-electron chi connectivity index (χ0n) is 15.8. The number of fused-ring (bicyclic) bond motifs is 1. The molecule has 0 radical (unpaired) electrons. The third kappa shape index (κ3) is 3.30. The summed E-state index contributed by atoms with van der Waals surface area (Å²) < 4.78 is 4.94. The van der Waals surface area contributed by atoms with Crippen LogP contribution in [0, 0.1) is 0 Å². The number of esters is 1. The summed E-state index contributed by atoms with van der Waals surface area (Å²) in [4.78, 5) is 38.2. The fourth-order valence-electron chi connectivity index (χ4n) is 3.23. The van der Waals surface area contributed by atoms with E-state index in [0.717, 1.165) is 11.3 Å². The summed E-state index contributed by atoms with van der Waals surface area (Å²) >= 11 is 0. The van der Waals surface area contributed by atoms with Crippen LogP contribution >= 0.6 is 0 Å². The molecule has 140 valence electrons. The van der Waals surface area contributed by atoms with Crippen LogP contribution in [-0.2, 0) is 14.9 Å². The predicted molar refractivity (Wildman–Crippen MR) is 103 cm³/mol. The standard InChI is InChI=1S/C21H22N2O4/c1-5-27-19(25)13-6-9-15(10-7-13)22-18(24)14-8-11-16-17(12-14)23(4)20(26)21(16,2)3/h6-12H,5H2,1-4H3,(H,22,24). The molecule has 0 unspecified atom stereocenters. The summed E-state index contributed by atoms with van der Waals surface area (Å²) in [6.45, 7) is 5.81. The maximum atomic E-state index is 12.6. The molecule has 2 aromatic carbocycles. The minimum absolute atomic E-state index is 0.00427. The summed E-state index contributed by atoms with van der Waals surface area (Å²) in [6, 6.07) is 11.8. The molecule has 0 saturated carbocycles. The van der Waals surface area contributed by atoms with E-state index in [1.165, 1.54) is 0 Å². The van der Waals surface area contributed by atoms with E-state index in [1.807, 2.05) is 19.9 Å². The Hall–Kier alpha value is -3.15. The highest BCUT2D eigenvalue weighted by Crippen LogP contribution is 2.41. The lowest BCUT2D eigenvalue weighted by molar-refractivity contribution is -0.121. The third-order valence-electron chi connectivity index (χ3n) is 4.79. The molecule has 1 heterocycles. The first-order valence-corrected chi connectivity index (χ1v) is 8.77. The van der Waals surface area contributed by atoms with Crippen molar-refractivity contribution in [1.29, 1.82) is 0 Å². The Morgan fingerprint density at radius 2 is 1.70 bits per heavy atom. The Morgan fingerprint density at radius 3 is 2.33 bits per heavy atom. The fraction of sp³-hybridized carbons (Fsp3) is 0.286. The second kappa shape index (κ2) is 6.87. The van der Waals surface area contributed by atoms with Gasteiger partial charge in [0, 0.05) is 24.0 Å². The summed E-state index contributed by atoms with van der Waals surface area (Å²) in [5.74, 6) is -0.679. The topological polar surface area (TPSA) is 75.7 Å². The maximum Gasteiger partial charge on any atom is 0.338 e. The van der Waals surface area contributed by atoms with Crippen LogP contribution in [0.15, 0.2) is 42.5 Å². The van der Waals surface area contributed by atoms with Gasteiger partial charge in [-0.1, -0.05) is 6.07 Å². The van der Waals surface area contributed by atoms with Crippen LogP contribution in [-0.4, -0.2) is 31.4 Å². The molecular formula is C21H22N2O4. The lowest BCUT2D eigenvalue weighted by Crippen LogP contribution is -2.33. The van der Waals surface area contributed by atoms with Crippen LogP contribution in [0.1, 0.15) is 47.1 Å². The van der Waals surface area contributed by atoms with E-state index >= 15 is 0 Å². The Balaban J connectivity index is 1.78. The number of hydrogen-bond acceptors (Lipinski definition) is 4. The SMILES string of the molecule is CCOC(=O)c1ccc(NC(=O)c2ccc3c(c2)N(C)C(=O)C3(C)C)cc1. The highest BCUT2D eigenvalue weighted by Gasteiger charge is 2.42. The predicted octanol–water partition coefficient (Wildman–Crippen LogP) is 3.37. The number of anilines is 2. The number of likely N-dealkylation sites (N-methyl/N-ethyl adjacent to an activating group) is 1. The van der Waals surface area contributed by atoms with Gasteiger partial charge in [0.15, 0.2) is 0 Å². The van der Waals surface area contributed by atoms with Gasteiger partial charge in [-0.15, -0.1) is 0 Å². The van der Waals surface area contributed by atoms with Crippen LogP contribution < -0.4 is 10.2 Å². The van der Waals surface area contributed by atoms with Crippen molar-refractivity contribution in [2.45, 2.75) is 26.2 Å². The molecule has 3 rings (SSSR count). The largest absolute Gasteiger partial charge is 0.462 e. The van der Waals surface area contributed by atoms with Gasteiger partial charge in [-0.05, 0) is 62.7 Å². The molecule has 27 heavy (non-hydrogen) atoms. The van der Waals surface area contributed by atoms with Crippen LogP contribution in [0.4, 0.5) is 11.4 Å². The van der Waals surface area contributed by atoms with Gasteiger partial charge in [-0.25, -0.2) is 4.79 Å². The first-order chi connectivity index (χ1) is 12.8. The Kier molecular flexibility index (Phi) is 4.74. The smallest absolute Gasteiger partial charge is 0.338 e. The molecule has 0 fully saturated rings. The first-order valence-electron chi connectivity index (χ1n) is 8.77. The average molecular weight is 366 g/mol.